The van der Waals surface area contributed by atoms with E-state index in [0.717, 1.165) is 34.9 Å². The van der Waals surface area contributed by atoms with Crippen LogP contribution < -0.4 is 10.6 Å². The molecule has 1 saturated carbocycles. The lowest BCUT2D eigenvalue weighted by Crippen LogP contribution is -2.39. The van der Waals surface area contributed by atoms with Crippen molar-refractivity contribution in [3.05, 3.63) is 94.0 Å². The normalized spacial score (nSPS) is 17.5. The Morgan fingerprint density at radius 1 is 0.818 bits per heavy atom. The van der Waals surface area contributed by atoms with Crippen molar-refractivity contribution in [1.82, 2.24) is 10.6 Å². The Hall–Kier alpha value is -2.92. The Bertz CT molecular complexity index is 1130. The van der Waals surface area contributed by atoms with Crippen molar-refractivity contribution >= 4 is 27.7 Å². The molecule has 0 saturated heterocycles. The highest BCUT2D eigenvalue weighted by atomic mass is 79.9. The Labute approximate surface area is 203 Å². The third-order valence-electron chi connectivity index (χ3n) is 6.42. The van der Waals surface area contributed by atoms with E-state index >= 15 is 0 Å². The summed E-state index contributed by atoms with van der Waals surface area (Å²) in [4.78, 5) is 25.7. The number of nitrogens with one attached hydrogen (secondary N) is 2. The highest BCUT2D eigenvalue weighted by Gasteiger charge is 2.37. The average Bonchev–Trinajstić information content (AvgIpc) is 3.32. The minimum absolute atomic E-state index is 0.0296. The topological polar surface area (TPSA) is 58.2 Å². The van der Waals surface area contributed by atoms with Crippen molar-refractivity contribution < 1.29 is 9.59 Å². The molecule has 33 heavy (non-hydrogen) atoms. The maximum absolute atomic E-state index is 12.9. The fraction of sp³-hybridized carbons (Fsp3) is 0.286. The highest BCUT2D eigenvalue weighted by molar-refractivity contribution is 9.10. The summed E-state index contributed by atoms with van der Waals surface area (Å²) in [6, 6.07) is 24.5. The molecular weight excluding hydrogens is 476 g/mol. The van der Waals surface area contributed by atoms with E-state index in [-0.39, 0.29) is 23.7 Å². The van der Waals surface area contributed by atoms with Gasteiger partial charge < -0.3 is 10.6 Å². The second-order valence-corrected chi connectivity index (χ2v) is 9.64. The van der Waals surface area contributed by atoms with Gasteiger partial charge in [-0.1, -0.05) is 83.0 Å². The molecule has 0 heterocycles. The quantitative estimate of drug-likeness (QED) is 0.428. The number of halogens is 1. The molecule has 2 amide bonds. The van der Waals surface area contributed by atoms with Crippen LogP contribution in [0.5, 0.6) is 0 Å². The maximum atomic E-state index is 12.9. The van der Waals surface area contributed by atoms with Crippen LogP contribution >= 0.6 is 15.9 Å². The molecule has 5 heteroatoms. The van der Waals surface area contributed by atoms with Crippen LogP contribution in [0.2, 0.25) is 0 Å². The first kappa shape index (κ1) is 23.2. The van der Waals surface area contributed by atoms with Crippen molar-refractivity contribution in [2.45, 2.75) is 39.3 Å². The Balaban J connectivity index is 1.31. The van der Waals surface area contributed by atoms with Gasteiger partial charge in [0.15, 0.2) is 0 Å². The van der Waals surface area contributed by atoms with Crippen LogP contribution in [0.4, 0.5) is 0 Å². The first-order chi connectivity index (χ1) is 16.0. The average molecular weight is 505 g/mol. The number of carbonyl (C=O) groups excluding carboxylic acids is 2. The van der Waals surface area contributed by atoms with Crippen molar-refractivity contribution in [3.63, 3.8) is 0 Å². The Kier molecular flexibility index (Phi) is 7.61. The van der Waals surface area contributed by atoms with Gasteiger partial charge in [-0.15, -0.1) is 0 Å². The van der Waals surface area contributed by atoms with Crippen molar-refractivity contribution in [2.24, 2.45) is 11.8 Å². The second-order valence-electron chi connectivity index (χ2n) is 8.72. The molecule has 0 spiro atoms. The molecule has 4 rings (SSSR count). The number of carbonyl (C=O) groups is 2. The smallest absolute Gasteiger partial charge is 0.224 e. The van der Waals surface area contributed by atoms with Crippen molar-refractivity contribution in [3.8, 4) is 11.1 Å². The molecule has 0 aromatic heterocycles. The number of hydrogen-bond donors (Lipinski definition) is 2. The standard InChI is InChI=1S/C28H29BrN2O2/c1-19-6-2-3-9-24(19)22-14-12-20(13-15-22)17-30-27(32)25-10-5-11-26(25)28(33)31-18-21-7-4-8-23(29)16-21/h2-4,6-9,12-16,25-26H,5,10-11,17-18H2,1H3,(H,30,32)(H,31,33). The van der Waals surface area contributed by atoms with Gasteiger partial charge in [0.1, 0.15) is 0 Å². The summed E-state index contributed by atoms with van der Waals surface area (Å²) in [5.41, 5.74) is 5.71. The molecule has 1 fully saturated rings. The van der Waals surface area contributed by atoms with Gasteiger partial charge in [0, 0.05) is 29.4 Å². The molecule has 2 unspecified atom stereocenters. The maximum Gasteiger partial charge on any atom is 0.224 e. The lowest BCUT2D eigenvalue weighted by atomic mass is 9.94. The van der Waals surface area contributed by atoms with E-state index in [9.17, 15) is 9.59 Å². The number of rotatable bonds is 7. The third kappa shape index (κ3) is 5.91. The Morgan fingerprint density at radius 2 is 1.45 bits per heavy atom. The molecule has 0 aliphatic heterocycles. The molecule has 2 N–H and O–H groups in total. The van der Waals surface area contributed by atoms with Crippen LogP contribution in [0.15, 0.2) is 77.3 Å². The number of aryl methyl sites for hydroxylation is 1. The van der Waals surface area contributed by atoms with Crippen LogP contribution in [-0.2, 0) is 22.7 Å². The van der Waals surface area contributed by atoms with E-state index in [0.29, 0.717) is 13.1 Å². The molecular formula is C28H29BrN2O2. The van der Waals surface area contributed by atoms with Gasteiger partial charge in [0.25, 0.3) is 0 Å². The van der Waals surface area contributed by atoms with Gasteiger partial charge >= 0.3 is 0 Å². The predicted molar refractivity (Wildman–Crippen MR) is 135 cm³/mol. The SMILES string of the molecule is Cc1ccccc1-c1ccc(CNC(=O)C2CCCC2C(=O)NCc2cccc(Br)c2)cc1. The van der Waals surface area contributed by atoms with Gasteiger partial charge in [-0.2, -0.15) is 0 Å². The summed E-state index contributed by atoms with van der Waals surface area (Å²) in [7, 11) is 0. The molecule has 1 aliphatic carbocycles. The third-order valence-corrected chi connectivity index (χ3v) is 6.92. The van der Waals surface area contributed by atoms with E-state index in [1.54, 1.807) is 0 Å². The molecule has 4 nitrogen and oxygen atoms in total. The van der Waals surface area contributed by atoms with E-state index in [1.807, 2.05) is 36.4 Å². The zero-order valence-corrected chi connectivity index (χ0v) is 20.4. The highest BCUT2D eigenvalue weighted by Crippen LogP contribution is 2.32. The molecule has 2 atom stereocenters. The minimum atomic E-state index is -0.265. The summed E-state index contributed by atoms with van der Waals surface area (Å²) in [6.07, 6.45) is 2.42. The van der Waals surface area contributed by atoms with Crippen molar-refractivity contribution in [1.29, 1.82) is 0 Å². The second kappa shape index (κ2) is 10.8. The summed E-state index contributed by atoms with van der Waals surface area (Å²) in [5, 5.41) is 6.07. The van der Waals surface area contributed by atoms with Gasteiger partial charge in [-0.3, -0.25) is 9.59 Å². The van der Waals surface area contributed by atoms with E-state index < -0.39 is 0 Å². The molecule has 170 valence electrons. The zero-order valence-electron chi connectivity index (χ0n) is 18.8. The lowest BCUT2D eigenvalue weighted by molar-refractivity contribution is -0.133. The van der Waals surface area contributed by atoms with Gasteiger partial charge in [-0.25, -0.2) is 0 Å². The number of amides is 2. The van der Waals surface area contributed by atoms with Crippen LogP contribution in [0.25, 0.3) is 11.1 Å². The van der Waals surface area contributed by atoms with Crippen molar-refractivity contribution in [2.75, 3.05) is 0 Å². The lowest BCUT2D eigenvalue weighted by Gasteiger charge is -2.19. The summed E-state index contributed by atoms with van der Waals surface area (Å²) < 4.78 is 0.985. The number of benzene rings is 3. The van der Waals surface area contributed by atoms with Gasteiger partial charge in [-0.05, 0) is 59.7 Å². The van der Waals surface area contributed by atoms with Gasteiger partial charge in [0.05, 0.1) is 0 Å². The zero-order chi connectivity index (χ0) is 23.2. The van der Waals surface area contributed by atoms with E-state index in [1.165, 1.54) is 16.7 Å². The fourth-order valence-corrected chi connectivity index (χ4v) is 5.02. The molecule has 1 aliphatic rings. The molecule has 0 radical (unpaired) electrons. The largest absolute Gasteiger partial charge is 0.352 e. The monoisotopic (exact) mass is 504 g/mol. The van der Waals surface area contributed by atoms with E-state index in [2.05, 4.69) is 69.9 Å². The van der Waals surface area contributed by atoms with Gasteiger partial charge in [0.2, 0.25) is 11.8 Å². The first-order valence-corrected chi connectivity index (χ1v) is 12.3. The Morgan fingerprint density at radius 3 is 2.09 bits per heavy atom. The first-order valence-electron chi connectivity index (χ1n) is 11.5. The van der Waals surface area contributed by atoms with Crippen LogP contribution in [0, 0.1) is 18.8 Å². The number of hydrogen-bond acceptors (Lipinski definition) is 2. The predicted octanol–water partition coefficient (Wildman–Crippen LogP) is 5.77. The summed E-state index contributed by atoms with van der Waals surface area (Å²) >= 11 is 3.45. The van der Waals surface area contributed by atoms with Crippen LogP contribution in [0.3, 0.4) is 0 Å². The molecule has 3 aromatic carbocycles. The minimum Gasteiger partial charge on any atom is -0.352 e. The van der Waals surface area contributed by atoms with Crippen LogP contribution in [0.1, 0.15) is 36.0 Å². The van der Waals surface area contributed by atoms with E-state index in [4.69, 9.17) is 0 Å². The van der Waals surface area contributed by atoms with Crippen LogP contribution in [-0.4, -0.2) is 11.8 Å². The fourth-order valence-electron chi connectivity index (χ4n) is 4.57. The molecule has 0 bridgehead atoms. The summed E-state index contributed by atoms with van der Waals surface area (Å²) in [5.74, 6) is -0.590. The molecule has 3 aromatic rings. The summed E-state index contributed by atoms with van der Waals surface area (Å²) in [6.45, 7) is 3.04.